The van der Waals surface area contributed by atoms with E-state index >= 15 is 0 Å². The normalized spacial score (nSPS) is 11.8. The first-order valence-electron chi connectivity index (χ1n) is 9.77. The maximum atomic E-state index is 12.3. The predicted molar refractivity (Wildman–Crippen MR) is 117 cm³/mol. The molecule has 162 valence electrons. The average molecular weight is 423 g/mol. The van der Waals surface area contributed by atoms with Crippen LogP contribution in [0.4, 0.5) is 11.4 Å². The molecule has 9 nitrogen and oxygen atoms in total. The number of benzene rings is 2. The number of imidazole rings is 1. The Bertz CT molecular complexity index is 1080. The highest BCUT2D eigenvalue weighted by Crippen LogP contribution is 2.32. The smallest absolute Gasteiger partial charge is 0.293 e. The van der Waals surface area contributed by atoms with Crippen molar-refractivity contribution in [1.29, 1.82) is 0 Å². The third kappa shape index (κ3) is 5.00. The maximum absolute atomic E-state index is 12.3. The number of aryl methyl sites for hydroxylation is 1. The van der Waals surface area contributed by atoms with E-state index in [1.807, 2.05) is 49.7 Å². The number of nitrogens with one attached hydrogen (secondary N) is 2. The second kappa shape index (κ2) is 9.29. The number of ether oxygens (including phenoxy) is 1. The molecular weight excluding hydrogens is 398 g/mol. The SMILES string of the molecule is COc1ccc(C(Nc2ccc(C(=O)NC(C)C)cc2[N+](=O)[O-])c2nccn2C)cc1. The monoisotopic (exact) mass is 423 g/mol. The summed E-state index contributed by atoms with van der Waals surface area (Å²) in [7, 11) is 3.44. The number of rotatable bonds is 8. The Morgan fingerprint density at radius 3 is 2.45 bits per heavy atom. The lowest BCUT2D eigenvalue weighted by atomic mass is 10.0. The zero-order valence-corrected chi connectivity index (χ0v) is 17.8. The lowest BCUT2D eigenvalue weighted by Crippen LogP contribution is -2.30. The van der Waals surface area contributed by atoms with Crippen molar-refractivity contribution in [3.8, 4) is 5.75 Å². The number of carbonyl (C=O) groups is 1. The van der Waals surface area contributed by atoms with Gasteiger partial charge in [-0.25, -0.2) is 4.98 Å². The van der Waals surface area contributed by atoms with E-state index in [1.165, 1.54) is 6.07 Å². The van der Waals surface area contributed by atoms with Crippen LogP contribution in [0.15, 0.2) is 54.9 Å². The Morgan fingerprint density at radius 1 is 1.19 bits per heavy atom. The molecule has 3 rings (SSSR count). The summed E-state index contributed by atoms with van der Waals surface area (Å²) >= 11 is 0. The van der Waals surface area contributed by atoms with Crippen molar-refractivity contribution in [2.75, 3.05) is 12.4 Å². The first-order valence-corrected chi connectivity index (χ1v) is 9.77. The molecule has 0 saturated heterocycles. The number of anilines is 1. The van der Waals surface area contributed by atoms with Crippen molar-refractivity contribution in [2.24, 2.45) is 7.05 Å². The minimum absolute atomic E-state index is 0.0766. The van der Waals surface area contributed by atoms with Gasteiger partial charge < -0.3 is 19.9 Å². The van der Waals surface area contributed by atoms with Gasteiger partial charge >= 0.3 is 0 Å². The molecule has 0 fully saturated rings. The van der Waals surface area contributed by atoms with E-state index in [4.69, 9.17) is 4.74 Å². The second-order valence-electron chi connectivity index (χ2n) is 7.36. The molecule has 9 heteroatoms. The number of amides is 1. The number of nitro benzene ring substituents is 1. The standard InChI is InChI=1S/C22H25N5O4/c1-14(2)24-22(28)16-7-10-18(19(13-16)27(29)30)25-20(21-23-11-12-26(21)3)15-5-8-17(31-4)9-6-15/h5-14,20,25H,1-4H3,(H,24,28). The fourth-order valence-corrected chi connectivity index (χ4v) is 3.20. The molecule has 1 amide bonds. The fraction of sp³-hybridized carbons (Fsp3) is 0.273. The summed E-state index contributed by atoms with van der Waals surface area (Å²) in [4.78, 5) is 28.0. The lowest BCUT2D eigenvalue weighted by molar-refractivity contribution is -0.384. The van der Waals surface area contributed by atoms with Gasteiger partial charge in [0.15, 0.2) is 0 Å². The molecule has 1 unspecified atom stereocenters. The van der Waals surface area contributed by atoms with Gasteiger partial charge in [0.2, 0.25) is 0 Å². The first-order chi connectivity index (χ1) is 14.8. The van der Waals surface area contributed by atoms with E-state index in [2.05, 4.69) is 15.6 Å². The molecule has 0 aliphatic rings. The highest BCUT2D eigenvalue weighted by atomic mass is 16.6. The number of nitro groups is 1. The molecular formula is C22H25N5O4. The third-order valence-corrected chi connectivity index (χ3v) is 4.74. The van der Waals surface area contributed by atoms with Crippen molar-refractivity contribution in [1.82, 2.24) is 14.9 Å². The number of methoxy groups -OCH3 is 1. The Morgan fingerprint density at radius 2 is 1.90 bits per heavy atom. The Labute approximate surface area is 180 Å². The van der Waals surface area contributed by atoms with E-state index < -0.39 is 11.0 Å². The molecule has 2 aromatic carbocycles. The van der Waals surface area contributed by atoms with Crippen LogP contribution in [0.3, 0.4) is 0 Å². The Balaban J connectivity index is 2.01. The fourth-order valence-electron chi connectivity index (χ4n) is 3.20. The van der Waals surface area contributed by atoms with E-state index in [0.717, 1.165) is 5.56 Å². The molecule has 0 saturated carbocycles. The molecule has 1 aromatic heterocycles. The van der Waals surface area contributed by atoms with E-state index in [1.54, 1.807) is 31.6 Å². The summed E-state index contributed by atoms with van der Waals surface area (Å²) < 4.78 is 7.07. The zero-order chi connectivity index (χ0) is 22.5. The molecule has 1 atom stereocenters. The average Bonchev–Trinajstić information content (AvgIpc) is 3.17. The van der Waals surface area contributed by atoms with Gasteiger partial charge in [-0.3, -0.25) is 14.9 Å². The van der Waals surface area contributed by atoms with Crippen molar-refractivity contribution in [3.63, 3.8) is 0 Å². The van der Waals surface area contributed by atoms with Gasteiger partial charge in [0, 0.05) is 37.1 Å². The summed E-state index contributed by atoms with van der Waals surface area (Å²) in [6.45, 7) is 3.66. The summed E-state index contributed by atoms with van der Waals surface area (Å²) in [5.41, 5.74) is 1.18. The van der Waals surface area contributed by atoms with Gasteiger partial charge in [-0.2, -0.15) is 0 Å². The van der Waals surface area contributed by atoms with Crippen LogP contribution in [0.2, 0.25) is 0 Å². The first kappa shape index (κ1) is 21.8. The minimum atomic E-state index is -0.502. The van der Waals surface area contributed by atoms with Gasteiger partial charge in [0.1, 0.15) is 23.3 Å². The van der Waals surface area contributed by atoms with Gasteiger partial charge in [-0.05, 0) is 43.7 Å². The van der Waals surface area contributed by atoms with Gasteiger partial charge in [-0.15, -0.1) is 0 Å². The number of hydrogen-bond donors (Lipinski definition) is 2. The molecule has 2 N–H and O–H groups in total. The van der Waals surface area contributed by atoms with Crippen LogP contribution < -0.4 is 15.4 Å². The lowest BCUT2D eigenvalue weighted by Gasteiger charge is -2.21. The summed E-state index contributed by atoms with van der Waals surface area (Å²) in [6.07, 6.45) is 3.47. The molecule has 1 heterocycles. The molecule has 3 aromatic rings. The number of nitrogens with zero attached hydrogens (tertiary/aromatic N) is 3. The van der Waals surface area contributed by atoms with Gasteiger partial charge in [0.05, 0.1) is 12.0 Å². The number of hydrogen-bond acceptors (Lipinski definition) is 6. The molecule has 0 radical (unpaired) electrons. The molecule has 0 bridgehead atoms. The van der Waals surface area contributed by atoms with Crippen LogP contribution in [0.25, 0.3) is 0 Å². The van der Waals surface area contributed by atoms with E-state index in [9.17, 15) is 14.9 Å². The van der Waals surface area contributed by atoms with Crippen LogP contribution in [-0.2, 0) is 7.05 Å². The van der Waals surface area contributed by atoms with Crippen LogP contribution in [-0.4, -0.2) is 33.5 Å². The minimum Gasteiger partial charge on any atom is -0.497 e. The largest absolute Gasteiger partial charge is 0.497 e. The quantitative estimate of drug-likeness (QED) is 0.422. The van der Waals surface area contributed by atoms with Gasteiger partial charge in [-0.1, -0.05) is 12.1 Å². The summed E-state index contributed by atoms with van der Waals surface area (Å²) in [5, 5.41) is 17.8. The van der Waals surface area contributed by atoms with Crippen LogP contribution in [0.5, 0.6) is 5.75 Å². The Hall–Kier alpha value is -3.88. The molecule has 31 heavy (non-hydrogen) atoms. The highest BCUT2D eigenvalue weighted by molar-refractivity contribution is 5.95. The van der Waals surface area contributed by atoms with Crippen molar-refractivity contribution in [2.45, 2.75) is 25.9 Å². The van der Waals surface area contributed by atoms with Crippen LogP contribution >= 0.6 is 0 Å². The van der Waals surface area contributed by atoms with Crippen molar-refractivity contribution in [3.05, 3.63) is 81.9 Å². The molecule has 0 aliphatic heterocycles. The number of carbonyl (C=O) groups excluding carboxylic acids is 1. The summed E-state index contributed by atoms with van der Waals surface area (Å²) in [6, 6.07) is 11.3. The molecule has 0 aliphatic carbocycles. The van der Waals surface area contributed by atoms with E-state index in [-0.39, 0.29) is 28.9 Å². The van der Waals surface area contributed by atoms with Crippen molar-refractivity contribution >= 4 is 17.3 Å². The molecule has 0 spiro atoms. The van der Waals surface area contributed by atoms with Crippen LogP contribution in [0.1, 0.15) is 41.6 Å². The highest BCUT2D eigenvalue weighted by Gasteiger charge is 2.24. The third-order valence-electron chi connectivity index (χ3n) is 4.74. The Kier molecular flexibility index (Phi) is 6.54. The predicted octanol–water partition coefficient (Wildman–Crippen LogP) is 3.68. The number of aromatic nitrogens is 2. The summed E-state index contributed by atoms with van der Waals surface area (Å²) in [5.74, 6) is 1.02. The van der Waals surface area contributed by atoms with Crippen molar-refractivity contribution < 1.29 is 14.5 Å². The topological polar surface area (TPSA) is 111 Å². The van der Waals surface area contributed by atoms with Gasteiger partial charge in [0.25, 0.3) is 11.6 Å². The van der Waals surface area contributed by atoms with Crippen LogP contribution in [0, 0.1) is 10.1 Å². The zero-order valence-electron chi connectivity index (χ0n) is 17.8. The maximum Gasteiger partial charge on any atom is 0.293 e. The second-order valence-corrected chi connectivity index (χ2v) is 7.36. The van der Waals surface area contributed by atoms with E-state index in [0.29, 0.717) is 11.6 Å².